The Labute approximate surface area is 89.5 Å². The number of nitrogens with zero attached hydrogens (tertiary/aromatic N) is 3. The van der Waals surface area contributed by atoms with Crippen molar-refractivity contribution in [1.82, 2.24) is 14.5 Å². The summed E-state index contributed by atoms with van der Waals surface area (Å²) < 4.78 is 2.17. The molecule has 1 heterocycles. The average molecular weight is 214 g/mol. The van der Waals surface area contributed by atoms with Crippen molar-refractivity contribution in [3.63, 3.8) is 0 Å². The second-order valence-electron chi connectivity index (χ2n) is 3.34. The van der Waals surface area contributed by atoms with Crippen LogP contribution in [0.3, 0.4) is 0 Å². The summed E-state index contributed by atoms with van der Waals surface area (Å²) in [5.74, 6) is 0.930. The fourth-order valence-corrected chi connectivity index (χ4v) is 1.82. The number of hydrogen-bond donors (Lipinski definition) is 1. The number of hydrogen-bond acceptors (Lipinski definition) is 4. The van der Waals surface area contributed by atoms with Gasteiger partial charge in [-0.3, -0.25) is 0 Å². The smallest absolute Gasteiger partial charge is 0.168 e. The topological polar surface area (TPSA) is 47.1 Å². The summed E-state index contributed by atoms with van der Waals surface area (Å²) in [7, 11) is 4.15. The zero-order chi connectivity index (χ0) is 10.4. The molecule has 0 spiro atoms. The number of thioether (sulfide) groups is 1. The first-order chi connectivity index (χ1) is 6.74. The Kier molecular flexibility index (Phi) is 5.00. The van der Waals surface area contributed by atoms with Crippen molar-refractivity contribution in [2.45, 2.75) is 11.7 Å². The van der Waals surface area contributed by atoms with E-state index in [1.165, 1.54) is 0 Å². The van der Waals surface area contributed by atoms with Gasteiger partial charge in [0.1, 0.15) is 0 Å². The molecule has 80 valence electrons. The van der Waals surface area contributed by atoms with Crippen molar-refractivity contribution >= 4 is 11.8 Å². The molecule has 0 amide bonds. The summed E-state index contributed by atoms with van der Waals surface area (Å²) in [6, 6.07) is 0. The van der Waals surface area contributed by atoms with Crippen LogP contribution in [0.2, 0.25) is 0 Å². The van der Waals surface area contributed by atoms with Crippen molar-refractivity contribution in [1.29, 1.82) is 0 Å². The van der Waals surface area contributed by atoms with Gasteiger partial charge in [-0.15, -0.1) is 0 Å². The molecule has 1 aromatic rings. The van der Waals surface area contributed by atoms with Crippen molar-refractivity contribution in [3.05, 3.63) is 12.4 Å². The summed E-state index contributed by atoms with van der Waals surface area (Å²) >= 11 is 1.71. The van der Waals surface area contributed by atoms with Crippen molar-refractivity contribution in [3.8, 4) is 0 Å². The molecule has 14 heavy (non-hydrogen) atoms. The van der Waals surface area contributed by atoms with Crippen LogP contribution in [0.1, 0.15) is 0 Å². The number of imidazole rings is 1. The van der Waals surface area contributed by atoms with Crippen molar-refractivity contribution in [2.75, 3.05) is 32.9 Å². The van der Waals surface area contributed by atoms with Gasteiger partial charge in [0.05, 0.1) is 0 Å². The van der Waals surface area contributed by atoms with Gasteiger partial charge in [0.2, 0.25) is 0 Å². The maximum atomic E-state index is 5.45. The van der Waals surface area contributed by atoms with Crippen LogP contribution in [0.5, 0.6) is 0 Å². The molecule has 4 nitrogen and oxygen atoms in total. The highest BCUT2D eigenvalue weighted by molar-refractivity contribution is 7.99. The predicted molar refractivity (Wildman–Crippen MR) is 60.6 cm³/mol. The fourth-order valence-electron chi connectivity index (χ4n) is 1.06. The number of nitrogens with two attached hydrogens (primary N) is 1. The van der Waals surface area contributed by atoms with Crippen LogP contribution in [0, 0.1) is 0 Å². The fraction of sp³-hybridized carbons (Fsp3) is 0.667. The number of likely N-dealkylation sites (N-methyl/N-ethyl adjacent to an activating group) is 1. The van der Waals surface area contributed by atoms with E-state index in [2.05, 4.69) is 28.5 Å². The molecule has 0 aliphatic carbocycles. The van der Waals surface area contributed by atoms with E-state index in [-0.39, 0.29) is 0 Å². The van der Waals surface area contributed by atoms with E-state index in [1.54, 1.807) is 11.8 Å². The summed E-state index contributed by atoms with van der Waals surface area (Å²) in [6.45, 7) is 2.72. The van der Waals surface area contributed by atoms with Gasteiger partial charge in [0.25, 0.3) is 0 Å². The van der Waals surface area contributed by atoms with E-state index in [0.29, 0.717) is 6.54 Å². The van der Waals surface area contributed by atoms with Crippen molar-refractivity contribution in [2.24, 2.45) is 5.73 Å². The van der Waals surface area contributed by atoms with Gasteiger partial charge in [-0.25, -0.2) is 4.98 Å². The lowest BCUT2D eigenvalue weighted by atomic mass is 10.6. The SMILES string of the molecule is CN(C)CCn1ccnc1SCCN. The Morgan fingerprint density at radius 1 is 1.57 bits per heavy atom. The monoisotopic (exact) mass is 214 g/mol. The minimum absolute atomic E-state index is 0.700. The molecule has 0 fully saturated rings. The molecule has 0 aromatic carbocycles. The highest BCUT2D eigenvalue weighted by Gasteiger charge is 2.02. The molecule has 0 aliphatic heterocycles. The van der Waals surface area contributed by atoms with Crippen LogP contribution in [-0.2, 0) is 6.54 Å². The van der Waals surface area contributed by atoms with Crippen LogP contribution in [0.15, 0.2) is 17.6 Å². The van der Waals surface area contributed by atoms with Gasteiger partial charge in [-0.1, -0.05) is 11.8 Å². The first-order valence-corrected chi connectivity index (χ1v) is 5.71. The largest absolute Gasteiger partial charge is 0.330 e. The molecule has 0 radical (unpaired) electrons. The highest BCUT2D eigenvalue weighted by atomic mass is 32.2. The van der Waals surface area contributed by atoms with Crippen LogP contribution in [-0.4, -0.2) is 47.4 Å². The summed E-state index contributed by atoms with van der Waals surface area (Å²) in [5, 5.41) is 1.07. The third-order valence-corrected chi connectivity index (χ3v) is 2.85. The molecule has 1 aromatic heterocycles. The van der Waals surface area contributed by atoms with Gasteiger partial charge < -0.3 is 15.2 Å². The molecular weight excluding hydrogens is 196 g/mol. The maximum Gasteiger partial charge on any atom is 0.168 e. The zero-order valence-corrected chi connectivity index (χ0v) is 9.63. The summed E-state index contributed by atoms with van der Waals surface area (Å²) in [6.07, 6.45) is 3.86. The molecular formula is C9H18N4S. The first-order valence-electron chi connectivity index (χ1n) is 4.72. The Morgan fingerprint density at radius 2 is 2.36 bits per heavy atom. The number of rotatable bonds is 6. The van der Waals surface area contributed by atoms with Gasteiger partial charge in [0, 0.05) is 37.8 Å². The third-order valence-electron chi connectivity index (χ3n) is 1.81. The molecule has 2 N–H and O–H groups in total. The van der Waals surface area contributed by atoms with Gasteiger partial charge in [-0.05, 0) is 14.1 Å². The number of aromatic nitrogens is 2. The molecule has 5 heteroatoms. The Hall–Kier alpha value is -0.520. The minimum atomic E-state index is 0.700. The lowest BCUT2D eigenvalue weighted by molar-refractivity contribution is 0.376. The van der Waals surface area contributed by atoms with E-state index < -0.39 is 0 Å². The quantitative estimate of drug-likeness (QED) is 0.700. The lowest BCUT2D eigenvalue weighted by Gasteiger charge is -2.11. The molecule has 0 unspecified atom stereocenters. The maximum absolute atomic E-state index is 5.45. The molecule has 0 atom stereocenters. The van der Waals surface area contributed by atoms with E-state index >= 15 is 0 Å². The van der Waals surface area contributed by atoms with E-state index in [0.717, 1.165) is 24.0 Å². The second-order valence-corrected chi connectivity index (χ2v) is 4.41. The van der Waals surface area contributed by atoms with Gasteiger partial charge >= 0.3 is 0 Å². The van der Waals surface area contributed by atoms with Crippen LogP contribution in [0.25, 0.3) is 0 Å². The van der Waals surface area contributed by atoms with Crippen LogP contribution in [0.4, 0.5) is 0 Å². The molecule has 1 rings (SSSR count). The summed E-state index contributed by atoms with van der Waals surface area (Å²) in [5.41, 5.74) is 5.45. The Bertz CT molecular complexity index is 259. The first kappa shape index (κ1) is 11.6. The standard InChI is InChI=1S/C9H18N4S/c1-12(2)6-7-13-5-4-11-9(13)14-8-3-10/h4-5H,3,6-8,10H2,1-2H3. The lowest BCUT2D eigenvalue weighted by Crippen LogP contribution is -2.18. The van der Waals surface area contributed by atoms with Crippen molar-refractivity contribution < 1.29 is 0 Å². The van der Waals surface area contributed by atoms with Gasteiger partial charge in [-0.2, -0.15) is 0 Å². The van der Waals surface area contributed by atoms with Gasteiger partial charge in [0.15, 0.2) is 5.16 Å². The molecule has 0 saturated heterocycles. The molecule has 0 aliphatic rings. The highest BCUT2D eigenvalue weighted by Crippen LogP contribution is 2.14. The molecule has 0 bridgehead atoms. The third kappa shape index (κ3) is 3.69. The molecule has 0 saturated carbocycles. The second kappa shape index (κ2) is 6.06. The Balaban J connectivity index is 2.45. The van der Waals surface area contributed by atoms with E-state index in [4.69, 9.17) is 5.73 Å². The van der Waals surface area contributed by atoms with Crippen LogP contribution < -0.4 is 5.73 Å². The minimum Gasteiger partial charge on any atom is -0.330 e. The normalized spacial score (nSPS) is 11.1. The predicted octanol–water partition coefficient (Wildman–Crippen LogP) is 0.495. The van der Waals surface area contributed by atoms with E-state index in [9.17, 15) is 0 Å². The van der Waals surface area contributed by atoms with Crippen LogP contribution >= 0.6 is 11.8 Å². The summed E-state index contributed by atoms with van der Waals surface area (Å²) in [4.78, 5) is 6.45. The average Bonchev–Trinajstić information content (AvgIpc) is 2.58. The Morgan fingerprint density at radius 3 is 3.00 bits per heavy atom. The van der Waals surface area contributed by atoms with E-state index in [1.807, 2.05) is 12.4 Å². The zero-order valence-electron chi connectivity index (χ0n) is 8.81.